The second kappa shape index (κ2) is 9.46. The number of rotatable bonds is 7. The number of ether oxygens (including phenoxy) is 1. The molecule has 35 heavy (non-hydrogen) atoms. The zero-order valence-electron chi connectivity index (χ0n) is 20.0. The Morgan fingerprint density at radius 3 is 2.49 bits per heavy atom. The first kappa shape index (κ1) is 22.4. The van der Waals surface area contributed by atoms with E-state index in [2.05, 4.69) is 18.3 Å². The molecule has 0 aliphatic heterocycles. The number of nitrogens with one attached hydrogen (secondary N) is 1. The van der Waals surface area contributed by atoms with Gasteiger partial charge in [-0.25, -0.2) is 9.67 Å². The molecule has 0 saturated carbocycles. The zero-order chi connectivity index (χ0) is 24.4. The highest BCUT2D eigenvalue weighted by atomic mass is 16.5. The number of benzene rings is 2. The minimum atomic E-state index is -0.130. The molecule has 1 amide bonds. The van der Waals surface area contributed by atoms with Crippen LogP contribution >= 0.6 is 0 Å². The third-order valence-electron chi connectivity index (χ3n) is 6.04. The molecule has 7 heteroatoms. The van der Waals surface area contributed by atoms with Gasteiger partial charge in [-0.2, -0.15) is 5.10 Å². The topological polar surface area (TPSA) is 74.0 Å². The van der Waals surface area contributed by atoms with Crippen LogP contribution in [0.5, 0.6) is 5.75 Å². The highest BCUT2D eigenvalue weighted by Crippen LogP contribution is 2.26. The predicted molar refractivity (Wildman–Crippen MR) is 136 cm³/mol. The van der Waals surface area contributed by atoms with Crippen molar-refractivity contribution in [1.29, 1.82) is 0 Å². The fourth-order valence-electron chi connectivity index (χ4n) is 4.32. The Morgan fingerprint density at radius 1 is 1.00 bits per heavy atom. The van der Waals surface area contributed by atoms with Crippen LogP contribution in [0.15, 0.2) is 79.1 Å². The minimum Gasteiger partial charge on any atom is -0.496 e. The van der Waals surface area contributed by atoms with E-state index in [9.17, 15) is 4.79 Å². The van der Waals surface area contributed by atoms with Crippen molar-refractivity contribution < 1.29 is 9.53 Å². The van der Waals surface area contributed by atoms with Gasteiger partial charge in [0.1, 0.15) is 5.75 Å². The van der Waals surface area contributed by atoms with Gasteiger partial charge in [-0.05, 0) is 61.4 Å². The van der Waals surface area contributed by atoms with Crippen LogP contribution in [-0.4, -0.2) is 32.3 Å². The summed E-state index contributed by atoms with van der Waals surface area (Å²) in [4.78, 5) is 17.5. The van der Waals surface area contributed by atoms with E-state index in [1.54, 1.807) is 7.11 Å². The first-order chi connectivity index (χ1) is 17.0. The van der Waals surface area contributed by atoms with E-state index in [0.29, 0.717) is 18.7 Å². The minimum absolute atomic E-state index is 0.130. The van der Waals surface area contributed by atoms with Crippen molar-refractivity contribution in [2.75, 3.05) is 7.11 Å². The van der Waals surface area contributed by atoms with Gasteiger partial charge >= 0.3 is 0 Å². The number of hydrogen-bond donors (Lipinski definition) is 1. The Hall–Kier alpha value is -4.39. The van der Waals surface area contributed by atoms with Crippen LogP contribution in [0.3, 0.4) is 0 Å². The fraction of sp³-hybridized carbons (Fsp3) is 0.179. The lowest BCUT2D eigenvalue weighted by molar-refractivity contribution is 0.0950. The summed E-state index contributed by atoms with van der Waals surface area (Å²) < 4.78 is 9.30. The van der Waals surface area contributed by atoms with E-state index in [1.165, 1.54) is 0 Å². The Bertz CT molecular complexity index is 1480. The number of amides is 1. The smallest absolute Gasteiger partial charge is 0.251 e. The molecule has 0 unspecified atom stereocenters. The van der Waals surface area contributed by atoms with Crippen molar-refractivity contribution in [3.05, 3.63) is 107 Å². The average molecular weight is 466 g/mol. The molecule has 0 atom stereocenters. The maximum Gasteiger partial charge on any atom is 0.251 e. The molecule has 5 aromatic rings. The molecule has 0 fully saturated rings. The summed E-state index contributed by atoms with van der Waals surface area (Å²) in [7, 11) is 1.63. The van der Waals surface area contributed by atoms with Gasteiger partial charge in [0.05, 0.1) is 19.0 Å². The van der Waals surface area contributed by atoms with Gasteiger partial charge in [0.25, 0.3) is 5.91 Å². The molecule has 0 spiro atoms. The van der Waals surface area contributed by atoms with Crippen molar-refractivity contribution in [3.8, 4) is 11.6 Å². The Labute approximate surface area is 204 Å². The predicted octanol–water partition coefficient (Wildman–Crippen LogP) is 4.83. The first-order valence-corrected chi connectivity index (χ1v) is 11.5. The molecule has 0 aliphatic carbocycles. The van der Waals surface area contributed by atoms with Crippen LogP contribution < -0.4 is 10.1 Å². The van der Waals surface area contributed by atoms with Gasteiger partial charge in [-0.3, -0.25) is 4.79 Å². The average Bonchev–Trinajstić information content (AvgIpc) is 3.52. The maximum atomic E-state index is 12.7. The molecule has 2 aromatic carbocycles. The molecule has 0 bridgehead atoms. The van der Waals surface area contributed by atoms with Crippen LogP contribution in [0.25, 0.3) is 16.9 Å². The van der Waals surface area contributed by atoms with Crippen molar-refractivity contribution in [2.24, 2.45) is 0 Å². The van der Waals surface area contributed by atoms with Crippen LogP contribution in [0.1, 0.15) is 32.7 Å². The molecule has 3 heterocycles. The Morgan fingerprint density at radius 2 is 1.74 bits per heavy atom. The van der Waals surface area contributed by atoms with Crippen molar-refractivity contribution in [1.82, 2.24) is 24.6 Å². The monoisotopic (exact) mass is 465 g/mol. The summed E-state index contributed by atoms with van der Waals surface area (Å²) in [5.41, 5.74) is 5.52. The molecular formula is C28H27N5O2. The first-order valence-electron chi connectivity index (χ1n) is 11.5. The standard InChI is InChI=1S/C28H27N5O2/c1-19-16-20(2)30-26-25(19)27(32-14-6-7-15-32)31-33(26)18-21-10-12-22(13-11-21)28(34)29-17-23-8-4-5-9-24(23)35-3/h4-16H,17-18H2,1-3H3,(H,29,34). The highest BCUT2D eigenvalue weighted by molar-refractivity contribution is 5.94. The summed E-state index contributed by atoms with van der Waals surface area (Å²) in [5.74, 6) is 1.49. The van der Waals surface area contributed by atoms with Gasteiger partial charge in [0, 0.05) is 35.8 Å². The molecule has 176 valence electrons. The molecule has 3 aromatic heterocycles. The molecule has 5 rings (SSSR count). The summed E-state index contributed by atoms with van der Waals surface area (Å²) >= 11 is 0. The Kier molecular flexibility index (Phi) is 6.06. The number of carbonyl (C=O) groups is 1. The molecule has 0 saturated heterocycles. The van der Waals surface area contributed by atoms with E-state index in [-0.39, 0.29) is 5.91 Å². The lowest BCUT2D eigenvalue weighted by atomic mass is 10.1. The quantitative estimate of drug-likeness (QED) is 0.374. The number of aryl methyl sites for hydroxylation is 2. The van der Waals surface area contributed by atoms with Gasteiger partial charge < -0.3 is 14.6 Å². The van der Waals surface area contributed by atoms with Crippen molar-refractivity contribution in [2.45, 2.75) is 26.9 Å². The molecule has 7 nitrogen and oxygen atoms in total. The summed E-state index contributed by atoms with van der Waals surface area (Å²) in [6.07, 6.45) is 3.98. The van der Waals surface area contributed by atoms with Crippen LogP contribution in [0, 0.1) is 13.8 Å². The number of aromatic nitrogens is 4. The summed E-state index contributed by atoms with van der Waals surface area (Å²) in [6.45, 7) is 5.04. The molecule has 0 aliphatic rings. The SMILES string of the molecule is COc1ccccc1CNC(=O)c1ccc(Cn2nc(-n3cccc3)c3c(C)cc(C)nc32)cc1. The number of pyridine rings is 1. The van der Waals surface area contributed by atoms with Crippen LogP contribution in [-0.2, 0) is 13.1 Å². The molecule has 0 radical (unpaired) electrons. The van der Waals surface area contributed by atoms with E-state index < -0.39 is 0 Å². The lowest BCUT2D eigenvalue weighted by Crippen LogP contribution is -2.23. The summed E-state index contributed by atoms with van der Waals surface area (Å²) in [5, 5.41) is 8.90. The fourth-order valence-corrected chi connectivity index (χ4v) is 4.32. The van der Waals surface area contributed by atoms with Crippen LogP contribution in [0.2, 0.25) is 0 Å². The third kappa shape index (κ3) is 4.53. The number of hydrogen-bond acceptors (Lipinski definition) is 4. The van der Waals surface area contributed by atoms with Crippen molar-refractivity contribution >= 4 is 16.9 Å². The molecule has 1 N–H and O–H groups in total. The second-order valence-electron chi connectivity index (χ2n) is 8.54. The molecular weight excluding hydrogens is 438 g/mol. The lowest BCUT2D eigenvalue weighted by Gasteiger charge is -2.10. The third-order valence-corrected chi connectivity index (χ3v) is 6.04. The Balaban J connectivity index is 1.36. The van der Waals surface area contributed by atoms with E-state index in [0.717, 1.165) is 45.0 Å². The largest absolute Gasteiger partial charge is 0.496 e. The number of fused-ring (bicyclic) bond motifs is 1. The normalized spacial score (nSPS) is 11.1. The van der Waals surface area contributed by atoms with Gasteiger partial charge in [-0.1, -0.05) is 30.3 Å². The zero-order valence-corrected chi connectivity index (χ0v) is 20.0. The second-order valence-corrected chi connectivity index (χ2v) is 8.54. The summed E-state index contributed by atoms with van der Waals surface area (Å²) in [6, 6.07) is 21.3. The van der Waals surface area contributed by atoms with E-state index in [1.807, 2.05) is 89.2 Å². The van der Waals surface area contributed by atoms with Gasteiger partial charge in [0.2, 0.25) is 0 Å². The number of para-hydroxylation sites is 1. The van der Waals surface area contributed by atoms with Crippen molar-refractivity contribution in [3.63, 3.8) is 0 Å². The number of carbonyl (C=O) groups excluding carboxylic acids is 1. The van der Waals surface area contributed by atoms with E-state index in [4.69, 9.17) is 14.8 Å². The highest BCUT2D eigenvalue weighted by Gasteiger charge is 2.16. The maximum absolute atomic E-state index is 12.7. The van der Waals surface area contributed by atoms with Crippen LogP contribution in [0.4, 0.5) is 0 Å². The van der Waals surface area contributed by atoms with Gasteiger partial charge in [-0.15, -0.1) is 0 Å². The van der Waals surface area contributed by atoms with E-state index >= 15 is 0 Å². The number of nitrogens with zero attached hydrogens (tertiary/aromatic N) is 4. The number of methoxy groups -OCH3 is 1. The van der Waals surface area contributed by atoms with Gasteiger partial charge in [0.15, 0.2) is 11.5 Å².